The number of rotatable bonds is 3. The van der Waals surface area contributed by atoms with Crippen LogP contribution < -0.4 is 11.2 Å². The van der Waals surface area contributed by atoms with Gasteiger partial charge >= 0.3 is 5.69 Å². The predicted octanol–water partition coefficient (Wildman–Crippen LogP) is 0.329. The van der Waals surface area contributed by atoms with Crippen molar-refractivity contribution in [1.29, 1.82) is 0 Å². The van der Waals surface area contributed by atoms with E-state index in [1.165, 1.54) is 4.57 Å². The molecule has 0 radical (unpaired) electrons. The topological polar surface area (TPSA) is 96.0 Å². The summed E-state index contributed by atoms with van der Waals surface area (Å²) in [6, 6.07) is -0.588. The molecule has 0 saturated carbocycles. The van der Waals surface area contributed by atoms with Crippen molar-refractivity contribution in [2.75, 3.05) is 6.26 Å². The van der Waals surface area contributed by atoms with Crippen LogP contribution in [0.15, 0.2) is 15.8 Å². The van der Waals surface area contributed by atoms with Crippen LogP contribution in [-0.4, -0.2) is 33.0 Å². The van der Waals surface area contributed by atoms with Crippen molar-refractivity contribution in [1.82, 2.24) is 18.3 Å². The molecular weight excluding hydrogens is 296 g/mol. The maximum atomic E-state index is 12.5. The van der Waals surface area contributed by atoms with Gasteiger partial charge in [0.05, 0.1) is 12.5 Å². The van der Waals surface area contributed by atoms with Gasteiger partial charge in [-0.05, 0) is 27.7 Å². The molecule has 0 N–H and O–H groups in total. The van der Waals surface area contributed by atoms with E-state index < -0.39 is 21.3 Å². The van der Waals surface area contributed by atoms with E-state index in [4.69, 9.17) is 0 Å². The molecule has 0 fully saturated rings. The van der Waals surface area contributed by atoms with Crippen LogP contribution in [0, 0.1) is 0 Å². The van der Waals surface area contributed by atoms with E-state index in [0.717, 1.165) is 21.1 Å². The lowest BCUT2D eigenvalue weighted by Gasteiger charge is -2.15. The fourth-order valence-corrected chi connectivity index (χ4v) is 2.71. The molecule has 21 heavy (non-hydrogen) atoms. The summed E-state index contributed by atoms with van der Waals surface area (Å²) in [4.78, 5) is 24.9. The first kappa shape index (κ1) is 15.5. The highest BCUT2D eigenvalue weighted by atomic mass is 32.2. The second kappa shape index (κ2) is 4.83. The van der Waals surface area contributed by atoms with Crippen LogP contribution in [0.5, 0.6) is 0 Å². The summed E-state index contributed by atoms with van der Waals surface area (Å²) in [5.74, 6) is 0. The first-order valence-corrected chi connectivity index (χ1v) is 8.37. The number of nitrogens with zero attached hydrogens (tertiary/aromatic N) is 4. The molecule has 0 bridgehead atoms. The fourth-order valence-electron chi connectivity index (χ4n) is 2.19. The quantitative estimate of drug-likeness (QED) is 0.813. The molecule has 0 aromatic carbocycles. The number of aromatic nitrogens is 4. The van der Waals surface area contributed by atoms with E-state index in [2.05, 4.69) is 5.10 Å². The van der Waals surface area contributed by atoms with Gasteiger partial charge in [-0.25, -0.2) is 13.2 Å². The minimum Gasteiger partial charge on any atom is -0.273 e. The van der Waals surface area contributed by atoms with Crippen molar-refractivity contribution < 1.29 is 8.42 Å². The summed E-state index contributed by atoms with van der Waals surface area (Å²) in [6.45, 7) is 6.99. The van der Waals surface area contributed by atoms with E-state index in [1.807, 2.05) is 0 Å². The molecule has 2 aromatic rings. The van der Waals surface area contributed by atoms with Gasteiger partial charge in [-0.2, -0.15) is 4.09 Å². The summed E-state index contributed by atoms with van der Waals surface area (Å²) in [7, 11) is -3.63. The smallest absolute Gasteiger partial charge is 0.273 e. The molecule has 0 atom stereocenters. The monoisotopic (exact) mass is 314 g/mol. The SMILES string of the molecule is CC(C)n1c(=O)c2cn(S(C)(=O)=O)nc2n(C(C)C)c1=O. The molecule has 116 valence electrons. The molecule has 2 heterocycles. The summed E-state index contributed by atoms with van der Waals surface area (Å²) in [5, 5.41) is 4.02. The molecule has 0 aliphatic heterocycles. The van der Waals surface area contributed by atoms with Gasteiger partial charge in [0.25, 0.3) is 15.6 Å². The van der Waals surface area contributed by atoms with Gasteiger partial charge in [0.2, 0.25) is 0 Å². The van der Waals surface area contributed by atoms with Crippen LogP contribution in [0.25, 0.3) is 11.0 Å². The van der Waals surface area contributed by atoms with Crippen molar-refractivity contribution in [2.45, 2.75) is 39.8 Å². The van der Waals surface area contributed by atoms with Crippen LogP contribution in [0.4, 0.5) is 0 Å². The van der Waals surface area contributed by atoms with Crippen LogP contribution in [0.3, 0.4) is 0 Å². The first-order valence-electron chi connectivity index (χ1n) is 6.52. The third-order valence-corrected chi connectivity index (χ3v) is 4.00. The van der Waals surface area contributed by atoms with Crippen molar-refractivity contribution >= 4 is 21.1 Å². The Bertz CT molecular complexity index is 915. The summed E-state index contributed by atoms with van der Waals surface area (Å²) < 4.78 is 26.4. The van der Waals surface area contributed by atoms with Gasteiger partial charge in [-0.1, -0.05) is 0 Å². The standard InChI is InChI=1S/C12H18N4O4S/c1-7(2)15-10-9(6-14(13-10)21(5,19)20)11(17)16(8(3)4)12(15)18/h6-8H,1-5H3. The molecule has 0 amide bonds. The van der Waals surface area contributed by atoms with Crippen LogP contribution in [-0.2, 0) is 10.0 Å². The third kappa shape index (κ3) is 2.41. The normalized spacial score (nSPS) is 12.7. The Kier molecular flexibility index (Phi) is 3.56. The average Bonchev–Trinajstić information content (AvgIpc) is 2.72. The van der Waals surface area contributed by atoms with Gasteiger partial charge < -0.3 is 0 Å². The largest absolute Gasteiger partial charge is 0.333 e. The third-order valence-electron chi connectivity index (χ3n) is 3.14. The minimum absolute atomic E-state index is 0.0855. The fraction of sp³-hybridized carbons (Fsp3) is 0.583. The minimum atomic E-state index is -3.63. The molecule has 0 unspecified atom stereocenters. The van der Waals surface area contributed by atoms with Gasteiger partial charge in [0.1, 0.15) is 5.39 Å². The highest BCUT2D eigenvalue weighted by Crippen LogP contribution is 2.13. The Morgan fingerprint density at radius 1 is 1.05 bits per heavy atom. The molecule has 0 spiro atoms. The van der Waals surface area contributed by atoms with Crippen molar-refractivity contribution in [3.63, 3.8) is 0 Å². The summed E-state index contributed by atoms with van der Waals surface area (Å²) >= 11 is 0. The zero-order chi connectivity index (χ0) is 16.1. The Morgan fingerprint density at radius 3 is 2.00 bits per heavy atom. The van der Waals surface area contributed by atoms with Crippen molar-refractivity contribution in [2.24, 2.45) is 0 Å². The number of hydrogen-bond acceptors (Lipinski definition) is 5. The van der Waals surface area contributed by atoms with Crippen molar-refractivity contribution in [3.8, 4) is 0 Å². The Balaban J connectivity index is 3.08. The molecular formula is C12H18N4O4S. The first-order chi connectivity index (χ1) is 9.55. The molecule has 8 nitrogen and oxygen atoms in total. The zero-order valence-corrected chi connectivity index (χ0v) is 13.4. The molecule has 0 aliphatic rings. The lowest BCUT2D eigenvalue weighted by atomic mass is 10.3. The molecule has 9 heteroatoms. The second-order valence-electron chi connectivity index (χ2n) is 5.52. The maximum absolute atomic E-state index is 12.5. The molecule has 0 aliphatic carbocycles. The molecule has 2 rings (SSSR count). The van der Waals surface area contributed by atoms with E-state index >= 15 is 0 Å². The van der Waals surface area contributed by atoms with Crippen LogP contribution in [0.1, 0.15) is 39.8 Å². The Hall–Kier alpha value is -1.90. The van der Waals surface area contributed by atoms with Gasteiger partial charge in [0, 0.05) is 12.1 Å². The number of hydrogen-bond donors (Lipinski definition) is 0. The molecule has 0 saturated heterocycles. The summed E-state index contributed by atoms with van der Waals surface area (Å²) in [6.07, 6.45) is 2.14. The molecule has 2 aromatic heterocycles. The lowest BCUT2D eigenvalue weighted by molar-refractivity contribution is 0.486. The maximum Gasteiger partial charge on any atom is 0.333 e. The van der Waals surface area contributed by atoms with E-state index in [9.17, 15) is 18.0 Å². The highest BCUT2D eigenvalue weighted by Gasteiger charge is 2.21. The Morgan fingerprint density at radius 2 is 1.57 bits per heavy atom. The van der Waals surface area contributed by atoms with Gasteiger partial charge in [0.15, 0.2) is 5.65 Å². The van der Waals surface area contributed by atoms with Crippen molar-refractivity contribution in [3.05, 3.63) is 27.0 Å². The van der Waals surface area contributed by atoms with Gasteiger partial charge in [-0.15, -0.1) is 5.10 Å². The highest BCUT2D eigenvalue weighted by molar-refractivity contribution is 7.89. The van der Waals surface area contributed by atoms with Crippen LogP contribution >= 0.6 is 0 Å². The second-order valence-corrected chi connectivity index (χ2v) is 7.36. The predicted molar refractivity (Wildman–Crippen MR) is 79.3 cm³/mol. The van der Waals surface area contributed by atoms with Gasteiger partial charge in [-0.3, -0.25) is 13.9 Å². The Labute approximate surface area is 121 Å². The lowest BCUT2D eigenvalue weighted by Crippen LogP contribution is -2.41. The van der Waals surface area contributed by atoms with Crippen LogP contribution in [0.2, 0.25) is 0 Å². The van der Waals surface area contributed by atoms with E-state index in [0.29, 0.717) is 0 Å². The van der Waals surface area contributed by atoms with E-state index in [-0.39, 0.29) is 23.1 Å². The average molecular weight is 314 g/mol. The van der Waals surface area contributed by atoms with E-state index in [1.54, 1.807) is 27.7 Å². The zero-order valence-electron chi connectivity index (χ0n) is 12.6. The number of fused-ring (bicyclic) bond motifs is 1. The summed E-state index contributed by atoms with van der Waals surface area (Å²) in [5.41, 5.74) is -0.935.